The minimum absolute atomic E-state index is 0.740. The van der Waals surface area contributed by atoms with Crippen molar-refractivity contribution in [3.63, 3.8) is 0 Å². The maximum absolute atomic E-state index is 5.85. The van der Waals surface area contributed by atoms with Gasteiger partial charge in [0.1, 0.15) is 5.75 Å². The van der Waals surface area contributed by atoms with Crippen molar-refractivity contribution in [3.05, 3.63) is 18.2 Å². The molecule has 0 spiro atoms. The first-order valence-electron chi connectivity index (χ1n) is 8.28. The van der Waals surface area contributed by atoms with Crippen molar-refractivity contribution in [2.45, 2.75) is 18.9 Å². The highest BCUT2D eigenvalue weighted by atomic mass is 16.5. The van der Waals surface area contributed by atoms with Gasteiger partial charge in [0.15, 0.2) is 0 Å². The van der Waals surface area contributed by atoms with Crippen molar-refractivity contribution in [2.24, 2.45) is 0 Å². The van der Waals surface area contributed by atoms with Crippen LogP contribution in [-0.4, -0.2) is 69.3 Å². The lowest BCUT2D eigenvalue weighted by atomic mass is 10.0. The molecule has 0 aromatic heterocycles. The van der Waals surface area contributed by atoms with E-state index in [1.54, 1.807) is 7.11 Å². The highest BCUT2D eigenvalue weighted by molar-refractivity contribution is 5.64. The van der Waals surface area contributed by atoms with Gasteiger partial charge in [-0.3, -0.25) is 4.90 Å². The number of piperazine rings is 1. The summed E-state index contributed by atoms with van der Waals surface area (Å²) in [6.45, 7) is 7.02. The number of rotatable bonds is 3. The maximum Gasteiger partial charge on any atom is 0.144 e. The molecular formula is C17H28N4O. The molecule has 2 fully saturated rings. The summed E-state index contributed by atoms with van der Waals surface area (Å²) in [7, 11) is 3.93. The second kappa shape index (κ2) is 6.75. The number of nitrogen functional groups attached to an aromatic ring is 1. The average molecular weight is 304 g/mol. The quantitative estimate of drug-likeness (QED) is 0.857. The molecular weight excluding hydrogens is 276 g/mol. The summed E-state index contributed by atoms with van der Waals surface area (Å²) in [4.78, 5) is 7.53. The Bertz CT molecular complexity index is 491. The van der Waals surface area contributed by atoms with Gasteiger partial charge in [-0.2, -0.15) is 0 Å². The number of ether oxygens (including phenoxy) is 1. The Morgan fingerprint density at radius 1 is 1.05 bits per heavy atom. The number of nitrogens with two attached hydrogens (primary N) is 1. The molecule has 1 aromatic carbocycles. The third kappa shape index (κ3) is 3.31. The molecule has 5 heteroatoms. The number of hydrogen-bond donors (Lipinski definition) is 1. The number of likely N-dealkylation sites (N-methyl/N-ethyl adjacent to an activating group) is 1. The molecule has 0 amide bonds. The number of methoxy groups -OCH3 is 1. The average Bonchev–Trinajstić information content (AvgIpc) is 2.56. The standard InChI is InChI=1S/C17H28N4O/c1-19-9-11-20(12-10-19)15-5-7-21(8-6-15)16-4-3-14(18)13-17(16)22-2/h3-4,13,15H,5-12,18H2,1-2H3. The molecule has 2 heterocycles. The monoisotopic (exact) mass is 304 g/mol. The van der Waals surface area contributed by atoms with Crippen LogP contribution in [0.3, 0.4) is 0 Å². The highest BCUT2D eigenvalue weighted by Crippen LogP contribution is 2.32. The van der Waals surface area contributed by atoms with Gasteiger partial charge < -0.3 is 20.3 Å². The van der Waals surface area contributed by atoms with Gasteiger partial charge in [-0.05, 0) is 32.0 Å². The van der Waals surface area contributed by atoms with Crippen LogP contribution in [-0.2, 0) is 0 Å². The molecule has 0 bridgehead atoms. The molecule has 5 nitrogen and oxygen atoms in total. The third-order valence-corrected chi connectivity index (χ3v) is 5.06. The Morgan fingerprint density at radius 2 is 1.73 bits per heavy atom. The SMILES string of the molecule is COc1cc(N)ccc1N1CCC(N2CCN(C)CC2)CC1. The van der Waals surface area contributed by atoms with Gasteiger partial charge in [0.05, 0.1) is 12.8 Å². The maximum atomic E-state index is 5.85. The van der Waals surface area contributed by atoms with Crippen molar-refractivity contribution in [2.75, 3.05) is 64.1 Å². The normalized spacial score (nSPS) is 22.0. The van der Waals surface area contributed by atoms with E-state index in [0.29, 0.717) is 0 Å². The molecule has 1 aromatic rings. The van der Waals surface area contributed by atoms with Crippen molar-refractivity contribution < 1.29 is 4.74 Å². The van der Waals surface area contributed by atoms with Crippen LogP contribution in [0.25, 0.3) is 0 Å². The minimum atomic E-state index is 0.740. The van der Waals surface area contributed by atoms with Crippen LogP contribution >= 0.6 is 0 Å². The van der Waals surface area contributed by atoms with E-state index in [2.05, 4.69) is 27.8 Å². The lowest BCUT2D eigenvalue weighted by Crippen LogP contribution is -2.52. The van der Waals surface area contributed by atoms with E-state index in [9.17, 15) is 0 Å². The predicted octanol–water partition coefficient (Wildman–Crippen LogP) is 1.49. The molecule has 3 rings (SSSR count). The van der Waals surface area contributed by atoms with Gasteiger partial charge in [0.2, 0.25) is 0 Å². The molecule has 2 aliphatic heterocycles. The first-order chi connectivity index (χ1) is 10.7. The Balaban J connectivity index is 1.60. The van der Waals surface area contributed by atoms with Gasteiger partial charge >= 0.3 is 0 Å². The molecule has 22 heavy (non-hydrogen) atoms. The van der Waals surface area contributed by atoms with Crippen molar-refractivity contribution >= 4 is 11.4 Å². The Kier molecular flexibility index (Phi) is 4.74. The zero-order valence-corrected chi connectivity index (χ0v) is 13.8. The van der Waals surface area contributed by atoms with Gasteiger partial charge in [0, 0.05) is 57.1 Å². The largest absolute Gasteiger partial charge is 0.495 e. The number of anilines is 2. The van der Waals surface area contributed by atoms with Crippen LogP contribution in [0.15, 0.2) is 18.2 Å². The molecule has 2 N–H and O–H groups in total. The Morgan fingerprint density at radius 3 is 2.36 bits per heavy atom. The Labute approximate surface area is 133 Å². The van der Waals surface area contributed by atoms with Crippen LogP contribution in [0.1, 0.15) is 12.8 Å². The van der Waals surface area contributed by atoms with E-state index < -0.39 is 0 Å². The van der Waals surface area contributed by atoms with Gasteiger partial charge in [-0.1, -0.05) is 0 Å². The molecule has 0 unspecified atom stereocenters. The number of hydrogen-bond acceptors (Lipinski definition) is 5. The van der Waals surface area contributed by atoms with E-state index in [4.69, 9.17) is 10.5 Å². The van der Waals surface area contributed by atoms with Crippen LogP contribution in [0.4, 0.5) is 11.4 Å². The van der Waals surface area contributed by atoms with Crippen molar-refractivity contribution in [3.8, 4) is 5.75 Å². The smallest absolute Gasteiger partial charge is 0.144 e. The fraction of sp³-hybridized carbons (Fsp3) is 0.647. The van der Waals surface area contributed by atoms with E-state index >= 15 is 0 Å². The van der Waals surface area contributed by atoms with Crippen LogP contribution in [0.2, 0.25) is 0 Å². The second-order valence-corrected chi connectivity index (χ2v) is 6.49. The lowest BCUT2D eigenvalue weighted by molar-refractivity contribution is 0.0981. The van der Waals surface area contributed by atoms with Crippen LogP contribution in [0, 0.1) is 0 Å². The fourth-order valence-electron chi connectivity index (χ4n) is 3.61. The summed E-state index contributed by atoms with van der Waals surface area (Å²) in [5.41, 5.74) is 7.79. The summed E-state index contributed by atoms with van der Waals surface area (Å²) >= 11 is 0. The van der Waals surface area contributed by atoms with E-state index in [0.717, 1.165) is 30.6 Å². The molecule has 0 saturated carbocycles. The van der Waals surface area contributed by atoms with Crippen molar-refractivity contribution in [1.82, 2.24) is 9.80 Å². The van der Waals surface area contributed by atoms with Gasteiger partial charge in [-0.25, -0.2) is 0 Å². The molecule has 0 radical (unpaired) electrons. The van der Waals surface area contributed by atoms with Crippen LogP contribution in [0.5, 0.6) is 5.75 Å². The summed E-state index contributed by atoms with van der Waals surface area (Å²) in [5, 5.41) is 0. The molecule has 0 atom stereocenters. The number of nitrogens with zero attached hydrogens (tertiary/aromatic N) is 3. The first-order valence-corrected chi connectivity index (χ1v) is 8.28. The topological polar surface area (TPSA) is 45.0 Å². The number of benzene rings is 1. The lowest BCUT2D eigenvalue weighted by Gasteiger charge is -2.42. The number of piperidine rings is 1. The van der Waals surface area contributed by atoms with E-state index in [-0.39, 0.29) is 0 Å². The summed E-state index contributed by atoms with van der Waals surface area (Å²) in [6, 6.07) is 6.71. The zero-order valence-electron chi connectivity index (χ0n) is 13.8. The van der Waals surface area contributed by atoms with Gasteiger partial charge in [0.25, 0.3) is 0 Å². The van der Waals surface area contributed by atoms with Crippen molar-refractivity contribution in [1.29, 1.82) is 0 Å². The minimum Gasteiger partial charge on any atom is -0.495 e. The van der Waals surface area contributed by atoms with Gasteiger partial charge in [-0.15, -0.1) is 0 Å². The van der Waals surface area contributed by atoms with E-state index in [1.807, 2.05) is 12.1 Å². The molecule has 0 aliphatic carbocycles. The molecule has 122 valence electrons. The third-order valence-electron chi connectivity index (χ3n) is 5.06. The zero-order chi connectivity index (χ0) is 15.5. The first kappa shape index (κ1) is 15.4. The summed E-state index contributed by atoms with van der Waals surface area (Å²) in [5.74, 6) is 0.887. The molecule has 2 saturated heterocycles. The fourth-order valence-corrected chi connectivity index (χ4v) is 3.61. The van der Waals surface area contributed by atoms with E-state index in [1.165, 1.54) is 44.7 Å². The van der Waals surface area contributed by atoms with Crippen LogP contribution < -0.4 is 15.4 Å². The summed E-state index contributed by atoms with van der Waals surface area (Å²) < 4.78 is 5.50. The molecule has 2 aliphatic rings. The summed E-state index contributed by atoms with van der Waals surface area (Å²) in [6.07, 6.45) is 2.47. The second-order valence-electron chi connectivity index (χ2n) is 6.49. The highest BCUT2D eigenvalue weighted by Gasteiger charge is 2.27. The predicted molar refractivity (Wildman–Crippen MR) is 91.7 cm³/mol. The Hall–Kier alpha value is -1.46.